The molecule has 0 radical (unpaired) electrons. The summed E-state index contributed by atoms with van der Waals surface area (Å²) in [7, 11) is 0. The van der Waals surface area contributed by atoms with Gasteiger partial charge in [0.15, 0.2) is 0 Å². The number of carbonyl (C=O) groups excluding carboxylic acids is 1. The lowest BCUT2D eigenvalue weighted by Gasteiger charge is -2.07. The second-order valence-corrected chi connectivity index (χ2v) is 4.26. The molecule has 0 atom stereocenters. The Bertz CT molecular complexity index is 536. The van der Waals surface area contributed by atoms with Gasteiger partial charge in [0, 0.05) is 0 Å². The molecular weight excluding hydrogens is 284 g/mol. The fourth-order valence-electron chi connectivity index (χ4n) is 1.75. The Hall–Kier alpha value is -2.69. The van der Waals surface area contributed by atoms with Crippen LogP contribution in [0.1, 0.15) is 13.8 Å². The molecule has 0 aromatic heterocycles. The van der Waals surface area contributed by atoms with Crippen LogP contribution in [0, 0.1) is 0 Å². The third kappa shape index (κ3) is 4.70. The van der Waals surface area contributed by atoms with Crippen molar-refractivity contribution >= 4 is 6.16 Å². The molecule has 0 saturated heterocycles. The molecule has 0 aliphatic rings. The Labute approximate surface area is 129 Å². The van der Waals surface area contributed by atoms with Crippen LogP contribution in [0.4, 0.5) is 4.79 Å². The van der Waals surface area contributed by atoms with Crippen LogP contribution < -0.4 is 18.9 Å². The van der Waals surface area contributed by atoms with Crippen LogP contribution in [0.2, 0.25) is 0 Å². The van der Waals surface area contributed by atoms with Crippen molar-refractivity contribution in [1.29, 1.82) is 0 Å². The van der Waals surface area contributed by atoms with Gasteiger partial charge in [0.2, 0.25) is 0 Å². The first-order chi connectivity index (χ1) is 10.7. The lowest BCUT2D eigenvalue weighted by Crippen LogP contribution is -2.13. The van der Waals surface area contributed by atoms with E-state index >= 15 is 0 Å². The maximum absolute atomic E-state index is 11.7. The summed E-state index contributed by atoms with van der Waals surface area (Å²) >= 11 is 0. The summed E-state index contributed by atoms with van der Waals surface area (Å²) in [6.45, 7) is 4.97. The molecule has 2 aromatic rings. The lowest BCUT2D eigenvalue weighted by molar-refractivity contribution is 0.151. The summed E-state index contributed by atoms with van der Waals surface area (Å²) in [5.41, 5.74) is 0. The van der Waals surface area contributed by atoms with Crippen LogP contribution in [-0.4, -0.2) is 19.4 Å². The van der Waals surface area contributed by atoms with Crippen molar-refractivity contribution in [2.45, 2.75) is 13.8 Å². The summed E-state index contributed by atoms with van der Waals surface area (Å²) in [6, 6.07) is 13.5. The van der Waals surface area contributed by atoms with Gasteiger partial charge in [0.1, 0.15) is 23.0 Å². The number of ether oxygens (including phenoxy) is 4. The minimum Gasteiger partial charge on any atom is -0.494 e. The van der Waals surface area contributed by atoms with Crippen LogP contribution in [0.15, 0.2) is 48.5 Å². The van der Waals surface area contributed by atoms with Gasteiger partial charge in [-0.05, 0) is 62.4 Å². The standard InChI is InChI=1S/C17H18O5/c1-3-19-13-5-9-15(10-6-13)21-17(18)22-16-11-7-14(8-12-16)20-4-2/h5-12H,3-4H2,1-2H3. The topological polar surface area (TPSA) is 54.0 Å². The molecule has 0 fully saturated rings. The fraction of sp³-hybridized carbons (Fsp3) is 0.235. The van der Waals surface area contributed by atoms with Crippen LogP contribution in [-0.2, 0) is 0 Å². The Morgan fingerprint density at radius 2 is 1.00 bits per heavy atom. The molecule has 0 amide bonds. The van der Waals surface area contributed by atoms with Crippen molar-refractivity contribution in [2.75, 3.05) is 13.2 Å². The van der Waals surface area contributed by atoms with Crippen LogP contribution in [0.25, 0.3) is 0 Å². The zero-order valence-electron chi connectivity index (χ0n) is 12.6. The maximum atomic E-state index is 11.7. The summed E-state index contributed by atoms with van der Waals surface area (Å²) in [5, 5.41) is 0. The molecule has 0 unspecified atom stereocenters. The van der Waals surface area contributed by atoms with Gasteiger partial charge in [-0.1, -0.05) is 0 Å². The van der Waals surface area contributed by atoms with E-state index in [1.165, 1.54) is 0 Å². The molecule has 0 N–H and O–H groups in total. The van der Waals surface area contributed by atoms with Crippen molar-refractivity contribution in [2.24, 2.45) is 0 Å². The molecule has 0 spiro atoms. The molecular formula is C17H18O5. The predicted octanol–water partition coefficient (Wildman–Crippen LogP) is 4.06. The molecule has 2 aromatic carbocycles. The smallest absolute Gasteiger partial charge is 0.494 e. The predicted molar refractivity (Wildman–Crippen MR) is 81.9 cm³/mol. The monoisotopic (exact) mass is 302 g/mol. The Kier molecular flexibility index (Phi) is 5.65. The van der Waals surface area contributed by atoms with E-state index in [9.17, 15) is 4.79 Å². The number of hydrogen-bond donors (Lipinski definition) is 0. The molecule has 22 heavy (non-hydrogen) atoms. The molecule has 0 aliphatic heterocycles. The van der Waals surface area contributed by atoms with Gasteiger partial charge in [-0.3, -0.25) is 0 Å². The number of rotatable bonds is 6. The van der Waals surface area contributed by atoms with E-state index < -0.39 is 6.16 Å². The Balaban J connectivity index is 1.89. The van der Waals surface area contributed by atoms with Gasteiger partial charge in [0.25, 0.3) is 0 Å². The van der Waals surface area contributed by atoms with Crippen molar-refractivity contribution in [3.63, 3.8) is 0 Å². The quantitative estimate of drug-likeness (QED) is 0.595. The second kappa shape index (κ2) is 7.93. The molecule has 0 saturated carbocycles. The van der Waals surface area contributed by atoms with E-state index in [2.05, 4.69) is 0 Å². The molecule has 116 valence electrons. The second-order valence-electron chi connectivity index (χ2n) is 4.26. The van der Waals surface area contributed by atoms with Crippen molar-refractivity contribution in [3.05, 3.63) is 48.5 Å². The van der Waals surface area contributed by atoms with Gasteiger partial charge < -0.3 is 18.9 Å². The first-order valence-corrected chi connectivity index (χ1v) is 7.06. The SMILES string of the molecule is CCOc1ccc(OC(=O)Oc2ccc(OCC)cc2)cc1. The molecule has 0 heterocycles. The maximum Gasteiger partial charge on any atom is 0.519 e. The first-order valence-electron chi connectivity index (χ1n) is 7.06. The zero-order valence-corrected chi connectivity index (χ0v) is 12.6. The summed E-state index contributed by atoms with van der Waals surface area (Å²) in [6.07, 6.45) is -0.798. The third-order valence-electron chi connectivity index (χ3n) is 2.67. The molecule has 5 nitrogen and oxygen atoms in total. The van der Waals surface area contributed by atoms with Crippen molar-refractivity contribution in [3.8, 4) is 23.0 Å². The van der Waals surface area contributed by atoms with Crippen LogP contribution in [0.3, 0.4) is 0 Å². The van der Waals surface area contributed by atoms with E-state index in [1.807, 2.05) is 13.8 Å². The third-order valence-corrected chi connectivity index (χ3v) is 2.67. The molecule has 0 bridgehead atoms. The molecule has 5 heteroatoms. The van der Waals surface area contributed by atoms with Gasteiger partial charge in [-0.2, -0.15) is 0 Å². The van der Waals surface area contributed by atoms with Gasteiger partial charge in [-0.25, -0.2) is 4.79 Å². The van der Waals surface area contributed by atoms with E-state index in [4.69, 9.17) is 18.9 Å². The average molecular weight is 302 g/mol. The highest BCUT2D eigenvalue weighted by Crippen LogP contribution is 2.20. The zero-order chi connectivity index (χ0) is 15.8. The average Bonchev–Trinajstić information content (AvgIpc) is 2.52. The molecule has 0 aliphatic carbocycles. The van der Waals surface area contributed by atoms with E-state index in [0.29, 0.717) is 24.7 Å². The number of carbonyl (C=O) groups is 1. The summed E-state index contributed by atoms with van der Waals surface area (Å²) in [5.74, 6) is 2.21. The van der Waals surface area contributed by atoms with Crippen molar-refractivity contribution < 1.29 is 23.7 Å². The number of hydrogen-bond acceptors (Lipinski definition) is 5. The summed E-state index contributed by atoms with van der Waals surface area (Å²) in [4.78, 5) is 11.7. The minimum atomic E-state index is -0.798. The minimum absolute atomic E-state index is 0.388. The van der Waals surface area contributed by atoms with Gasteiger partial charge >= 0.3 is 6.16 Å². The Morgan fingerprint density at radius 1 is 0.682 bits per heavy atom. The van der Waals surface area contributed by atoms with Gasteiger partial charge in [0.05, 0.1) is 13.2 Å². The summed E-state index contributed by atoms with van der Waals surface area (Å²) < 4.78 is 20.8. The first kappa shape index (κ1) is 15.7. The largest absolute Gasteiger partial charge is 0.519 e. The Morgan fingerprint density at radius 3 is 1.32 bits per heavy atom. The van der Waals surface area contributed by atoms with Gasteiger partial charge in [-0.15, -0.1) is 0 Å². The highest BCUT2D eigenvalue weighted by atomic mass is 16.7. The van der Waals surface area contributed by atoms with Crippen molar-refractivity contribution in [1.82, 2.24) is 0 Å². The highest BCUT2D eigenvalue weighted by molar-refractivity contribution is 5.67. The number of benzene rings is 2. The fourth-order valence-corrected chi connectivity index (χ4v) is 1.75. The van der Waals surface area contributed by atoms with E-state index in [1.54, 1.807) is 48.5 Å². The normalized spacial score (nSPS) is 9.91. The molecule has 2 rings (SSSR count). The van der Waals surface area contributed by atoms with Crippen LogP contribution in [0.5, 0.6) is 23.0 Å². The highest BCUT2D eigenvalue weighted by Gasteiger charge is 2.08. The van der Waals surface area contributed by atoms with E-state index in [-0.39, 0.29) is 0 Å². The lowest BCUT2D eigenvalue weighted by atomic mass is 10.3. The van der Waals surface area contributed by atoms with Crippen LogP contribution >= 0.6 is 0 Å². The van der Waals surface area contributed by atoms with E-state index in [0.717, 1.165) is 11.5 Å².